The van der Waals surface area contributed by atoms with Crippen LogP contribution in [0.3, 0.4) is 0 Å². The van der Waals surface area contributed by atoms with E-state index < -0.39 is 0 Å². The molecular formula is C10H15Rb. The fraction of sp³-hybridized carbons (Fsp3) is 0.300. The zero-order valence-corrected chi connectivity index (χ0v) is 12.9. The van der Waals surface area contributed by atoms with Crippen molar-refractivity contribution in [3.05, 3.63) is 42.3 Å². The van der Waals surface area contributed by atoms with Crippen LogP contribution < -0.4 is 58.2 Å². The molecule has 0 aliphatic heterocycles. The number of hydrogen-bond donors (Lipinski definition) is 0. The van der Waals surface area contributed by atoms with Gasteiger partial charge in [0.2, 0.25) is 0 Å². The van der Waals surface area contributed by atoms with Crippen LogP contribution in [-0.2, 0) is 0 Å². The molecule has 0 N–H and O–H groups in total. The summed E-state index contributed by atoms with van der Waals surface area (Å²) in [6, 6.07) is 10.3. The van der Waals surface area contributed by atoms with Gasteiger partial charge >= 0.3 is 58.2 Å². The van der Waals surface area contributed by atoms with Crippen molar-refractivity contribution in [2.75, 3.05) is 0 Å². The Morgan fingerprint density at radius 1 is 1.00 bits per heavy atom. The van der Waals surface area contributed by atoms with Crippen LogP contribution in [0.5, 0.6) is 0 Å². The number of benzene rings is 1. The van der Waals surface area contributed by atoms with Crippen LogP contribution in [0.2, 0.25) is 0 Å². The van der Waals surface area contributed by atoms with Crippen molar-refractivity contribution in [1.29, 1.82) is 0 Å². The van der Waals surface area contributed by atoms with Crippen molar-refractivity contribution in [2.45, 2.75) is 20.8 Å². The van der Waals surface area contributed by atoms with Gasteiger partial charge in [-0.2, -0.15) is 24.1 Å². The molecule has 0 aliphatic carbocycles. The van der Waals surface area contributed by atoms with Gasteiger partial charge in [-0.1, -0.05) is 26.8 Å². The number of rotatable bonds is 1. The average molecular weight is 221 g/mol. The van der Waals surface area contributed by atoms with Crippen molar-refractivity contribution in [2.24, 2.45) is 0 Å². The predicted octanol–water partition coefficient (Wildman–Crippen LogP) is 0.289. The van der Waals surface area contributed by atoms with Crippen LogP contribution in [0, 0.1) is 6.42 Å². The monoisotopic (exact) mass is 220 g/mol. The van der Waals surface area contributed by atoms with E-state index in [2.05, 4.69) is 18.6 Å². The van der Waals surface area contributed by atoms with Crippen molar-refractivity contribution in [3.63, 3.8) is 0 Å². The van der Waals surface area contributed by atoms with E-state index in [9.17, 15) is 0 Å². The van der Waals surface area contributed by atoms with Crippen LogP contribution in [0.25, 0.3) is 0 Å². The minimum Gasteiger partial charge on any atom is -0.192 e. The molecule has 0 fully saturated rings. The van der Waals surface area contributed by atoms with Gasteiger partial charge < -0.3 is 0 Å². The quantitative estimate of drug-likeness (QED) is 0.597. The van der Waals surface area contributed by atoms with Crippen molar-refractivity contribution >= 4 is 0 Å². The molecule has 0 aliphatic rings. The second-order valence-electron chi connectivity index (χ2n) is 1.70. The molecule has 0 unspecified atom stereocenters. The smallest absolute Gasteiger partial charge is 0.192 e. The Kier molecular flexibility index (Phi) is 14.3. The van der Waals surface area contributed by atoms with Crippen LogP contribution in [0.4, 0.5) is 0 Å². The van der Waals surface area contributed by atoms with E-state index in [1.54, 1.807) is 0 Å². The molecule has 0 saturated carbocycles. The zero-order chi connectivity index (χ0) is 7.82. The van der Waals surface area contributed by atoms with Gasteiger partial charge in [0.1, 0.15) is 0 Å². The normalized spacial score (nSPS) is 6.82. The molecule has 1 aromatic rings. The topological polar surface area (TPSA) is 0 Å². The Morgan fingerprint density at radius 3 is 1.73 bits per heavy atom. The SMILES string of the molecule is CC.C[CH-]c1ccccc1.[Rb+]. The maximum absolute atomic E-state index is 2.08. The van der Waals surface area contributed by atoms with Gasteiger partial charge in [0.05, 0.1) is 0 Å². The molecule has 1 heteroatoms. The van der Waals surface area contributed by atoms with Crippen molar-refractivity contribution in [3.8, 4) is 0 Å². The summed E-state index contributed by atoms with van der Waals surface area (Å²) >= 11 is 0. The second kappa shape index (κ2) is 10.9. The molecule has 1 aromatic carbocycles. The fourth-order valence-electron chi connectivity index (χ4n) is 0.645. The molecule has 56 valence electrons. The fourth-order valence-corrected chi connectivity index (χ4v) is 0.645. The first-order valence-corrected chi connectivity index (χ1v) is 3.78. The van der Waals surface area contributed by atoms with Gasteiger partial charge in [0.15, 0.2) is 0 Å². The van der Waals surface area contributed by atoms with E-state index in [-0.39, 0.29) is 58.2 Å². The summed E-state index contributed by atoms with van der Waals surface area (Å²) in [5.41, 5.74) is 1.28. The van der Waals surface area contributed by atoms with E-state index in [1.165, 1.54) is 5.56 Å². The maximum atomic E-state index is 2.08. The molecule has 0 bridgehead atoms. The summed E-state index contributed by atoms with van der Waals surface area (Å²) < 4.78 is 0. The van der Waals surface area contributed by atoms with Gasteiger partial charge in [0.25, 0.3) is 0 Å². The summed E-state index contributed by atoms with van der Waals surface area (Å²) in [5, 5.41) is 0. The van der Waals surface area contributed by atoms with Gasteiger partial charge in [0, 0.05) is 0 Å². The molecular weight excluding hydrogens is 206 g/mol. The first-order chi connectivity index (χ1) is 4.93. The van der Waals surface area contributed by atoms with E-state index in [4.69, 9.17) is 0 Å². The van der Waals surface area contributed by atoms with Crippen LogP contribution >= 0.6 is 0 Å². The molecule has 0 saturated heterocycles. The zero-order valence-electron chi connectivity index (χ0n) is 7.96. The third-order valence-corrected chi connectivity index (χ3v) is 1.13. The van der Waals surface area contributed by atoms with Gasteiger partial charge in [-0.05, 0) is 0 Å². The van der Waals surface area contributed by atoms with E-state index in [0.29, 0.717) is 0 Å². The minimum atomic E-state index is 0. The standard InChI is InChI=1S/C8H9.C2H6.Rb/c1-2-8-6-4-3-5-7-8;1-2;/h2-7H,1H3;1-2H3;/q-1;;+1. The summed E-state index contributed by atoms with van der Waals surface area (Å²) in [5.74, 6) is 0. The summed E-state index contributed by atoms with van der Waals surface area (Å²) in [7, 11) is 0. The van der Waals surface area contributed by atoms with Crippen LogP contribution in [-0.4, -0.2) is 0 Å². The van der Waals surface area contributed by atoms with Crippen molar-refractivity contribution in [1.82, 2.24) is 0 Å². The average Bonchev–Trinajstić information content (AvgIpc) is 2.10. The van der Waals surface area contributed by atoms with Gasteiger partial charge in [-0.3, -0.25) is 0 Å². The molecule has 0 amide bonds. The third-order valence-electron chi connectivity index (χ3n) is 1.13. The van der Waals surface area contributed by atoms with Gasteiger partial charge in [-0.15, -0.1) is 12.1 Å². The van der Waals surface area contributed by atoms with Crippen LogP contribution in [0.15, 0.2) is 30.3 Å². The Labute approximate surface area is 119 Å². The molecule has 0 heterocycles. The molecule has 1 rings (SSSR count). The molecule has 0 radical (unpaired) electrons. The Balaban J connectivity index is 0. The Hall–Kier alpha value is 0.895. The molecule has 0 nitrogen and oxygen atoms in total. The number of hydrogen-bond acceptors (Lipinski definition) is 0. The van der Waals surface area contributed by atoms with Gasteiger partial charge in [-0.25, -0.2) is 0 Å². The summed E-state index contributed by atoms with van der Waals surface area (Å²) in [4.78, 5) is 0. The maximum Gasteiger partial charge on any atom is 1.00 e. The van der Waals surface area contributed by atoms with Crippen LogP contribution in [0.1, 0.15) is 26.3 Å². The Bertz CT molecular complexity index is 146. The largest absolute Gasteiger partial charge is 1.00 e. The molecule has 11 heavy (non-hydrogen) atoms. The van der Waals surface area contributed by atoms with E-state index in [0.717, 1.165) is 0 Å². The molecule has 0 aromatic heterocycles. The summed E-state index contributed by atoms with van der Waals surface area (Å²) in [6.45, 7) is 6.04. The first kappa shape index (κ1) is 14.4. The second-order valence-corrected chi connectivity index (χ2v) is 1.70. The predicted molar refractivity (Wildman–Crippen MR) is 46.9 cm³/mol. The molecule has 0 atom stereocenters. The minimum absolute atomic E-state index is 0. The summed E-state index contributed by atoms with van der Waals surface area (Å²) in [6.07, 6.45) is 2.08. The van der Waals surface area contributed by atoms with Crippen molar-refractivity contribution < 1.29 is 58.2 Å². The van der Waals surface area contributed by atoms with E-state index >= 15 is 0 Å². The Morgan fingerprint density at radius 2 is 1.45 bits per heavy atom. The molecule has 0 spiro atoms. The van der Waals surface area contributed by atoms with E-state index in [1.807, 2.05) is 39.0 Å². The first-order valence-electron chi connectivity index (χ1n) is 3.78. The third kappa shape index (κ3) is 7.26.